The van der Waals surface area contributed by atoms with Gasteiger partial charge in [-0.25, -0.2) is 0 Å². The van der Waals surface area contributed by atoms with Crippen molar-refractivity contribution in [1.29, 1.82) is 0 Å². The van der Waals surface area contributed by atoms with Crippen LogP contribution in [-0.4, -0.2) is 23.9 Å². The van der Waals surface area contributed by atoms with Crippen molar-refractivity contribution in [3.05, 3.63) is 23.5 Å². The second kappa shape index (κ2) is 5.59. The molecule has 0 saturated heterocycles. The van der Waals surface area contributed by atoms with Crippen molar-refractivity contribution in [3.8, 4) is 0 Å². The Hall–Kier alpha value is -1.58. The van der Waals surface area contributed by atoms with Crippen LogP contribution in [0.5, 0.6) is 0 Å². The summed E-state index contributed by atoms with van der Waals surface area (Å²) in [5.41, 5.74) is 1.95. The molecule has 0 radical (unpaired) electrons. The van der Waals surface area contributed by atoms with E-state index in [0.29, 0.717) is 6.42 Å². The minimum absolute atomic E-state index is 0.00764. The minimum atomic E-state index is -0.160. The zero-order chi connectivity index (χ0) is 13.9. The van der Waals surface area contributed by atoms with Gasteiger partial charge in [-0.1, -0.05) is 6.92 Å². The van der Waals surface area contributed by atoms with Gasteiger partial charge in [-0.2, -0.15) is 0 Å². The second-order valence-electron chi connectivity index (χ2n) is 5.23. The smallest absolute Gasteiger partial charge is 0.305 e. The van der Waals surface area contributed by atoms with E-state index >= 15 is 0 Å². The molecule has 0 bridgehead atoms. The normalized spacial score (nSPS) is 21.8. The summed E-state index contributed by atoms with van der Waals surface area (Å²) in [7, 11) is 1.43. The number of ether oxygens (including phenoxy) is 1. The van der Waals surface area contributed by atoms with E-state index in [1.807, 2.05) is 12.1 Å². The van der Waals surface area contributed by atoms with Crippen LogP contribution in [0, 0.1) is 0 Å². The molecule has 19 heavy (non-hydrogen) atoms. The van der Waals surface area contributed by atoms with Crippen LogP contribution in [0.3, 0.4) is 0 Å². The molecule has 0 amide bonds. The molecule has 0 aromatic carbocycles. The number of aldehydes is 1. The van der Waals surface area contributed by atoms with Gasteiger partial charge in [0.05, 0.1) is 12.8 Å². The monoisotopic (exact) mass is 263 g/mol. The molecule has 1 aliphatic rings. The van der Waals surface area contributed by atoms with E-state index in [1.165, 1.54) is 12.8 Å². The molecule has 0 N–H and O–H groups in total. The number of carbonyl (C=O) groups excluding carboxylic acids is 2. The number of rotatable bonds is 5. The largest absolute Gasteiger partial charge is 0.469 e. The van der Waals surface area contributed by atoms with E-state index in [9.17, 15) is 9.59 Å². The number of aromatic nitrogens is 1. The summed E-state index contributed by atoms with van der Waals surface area (Å²) in [5.74, 6) is -0.160. The number of hydrogen-bond acceptors (Lipinski definition) is 3. The molecule has 1 aliphatic heterocycles. The lowest BCUT2D eigenvalue weighted by molar-refractivity contribution is -0.141. The summed E-state index contributed by atoms with van der Waals surface area (Å²) >= 11 is 0. The van der Waals surface area contributed by atoms with Crippen molar-refractivity contribution in [2.45, 2.75) is 51.0 Å². The average Bonchev–Trinajstić information content (AvgIpc) is 2.88. The van der Waals surface area contributed by atoms with Crippen molar-refractivity contribution in [2.75, 3.05) is 7.11 Å². The van der Waals surface area contributed by atoms with Crippen molar-refractivity contribution in [3.63, 3.8) is 0 Å². The maximum Gasteiger partial charge on any atom is 0.305 e. The van der Waals surface area contributed by atoms with Gasteiger partial charge >= 0.3 is 5.97 Å². The Bertz CT molecular complexity index is 478. The molecule has 0 aliphatic carbocycles. The number of fused-ring (bicyclic) bond motifs is 1. The second-order valence-corrected chi connectivity index (χ2v) is 5.23. The first-order valence-corrected chi connectivity index (χ1v) is 6.89. The molecule has 1 atom stereocenters. The fourth-order valence-electron chi connectivity index (χ4n) is 3.23. The molecule has 2 rings (SSSR count). The Balaban J connectivity index is 2.29. The lowest BCUT2D eigenvalue weighted by Gasteiger charge is -2.38. The van der Waals surface area contributed by atoms with Gasteiger partial charge in [0.1, 0.15) is 0 Å². The van der Waals surface area contributed by atoms with Crippen LogP contribution in [0.1, 0.15) is 55.2 Å². The molecule has 104 valence electrons. The van der Waals surface area contributed by atoms with Gasteiger partial charge in [0.25, 0.3) is 0 Å². The van der Waals surface area contributed by atoms with Crippen molar-refractivity contribution in [2.24, 2.45) is 0 Å². The Morgan fingerprint density at radius 3 is 2.95 bits per heavy atom. The topological polar surface area (TPSA) is 48.3 Å². The fraction of sp³-hybridized carbons (Fsp3) is 0.600. The average molecular weight is 263 g/mol. The van der Waals surface area contributed by atoms with Crippen LogP contribution in [0.25, 0.3) is 0 Å². The zero-order valence-corrected chi connectivity index (χ0v) is 11.6. The lowest BCUT2D eigenvalue weighted by Crippen LogP contribution is -2.34. The van der Waals surface area contributed by atoms with E-state index in [2.05, 4.69) is 11.5 Å². The summed E-state index contributed by atoms with van der Waals surface area (Å²) in [5, 5.41) is 0. The highest BCUT2D eigenvalue weighted by Gasteiger charge is 2.36. The first kappa shape index (κ1) is 13.8. The maximum atomic E-state index is 11.4. The molecule has 1 aromatic heterocycles. The van der Waals surface area contributed by atoms with Crippen molar-refractivity contribution in [1.82, 2.24) is 4.57 Å². The lowest BCUT2D eigenvalue weighted by atomic mass is 9.72. The Morgan fingerprint density at radius 2 is 2.32 bits per heavy atom. The maximum absolute atomic E-state index is 11.4. The van der Waals surface area contributed by atoms with Gasteiger partial charge < -0.3 is 9.30 Å². The molecule has 0 fully saturated rings. The highest BCUT2D eigenvalue weighted by Crippen LogP contribution is 2.41. The standard InChI is InChI=1S/C15H21NO3/c1-3-15(9-7-14(18)19-2)8-4-10-16-12(11-17)5-6-13(15)16/h5-6,11H,3-4,7-10H2,1-2H3. The van der Waals surface area contributed by atoms with E-state index in [4.69, 9.17) is 4.74 Å². The predicted molar refractivity (Wildman–Crippen MR) is 72.3 cm³/mol. The van der Waals surface area contributed by atoms with Gasteiger partial charge in [-0.15, -0.1) is 0 Å². The number of nitrogens with zero attached hydrogens (tertiary/aromatic N) is 1. The van der Waals surface area contributed by atoms with Crippen LogP contribution in [0.4, 0.5) is 0 Å². The van der Waals surface area contributed by atoms with E-state index in [0.717, 1.165) is 44.2 Å². The van der Waals surface area contributed by atoms with Crippen LogP contribution in [-0.2, 0) is 21.5 Å². The molecule has 0 spiro atoms. The molecule has 4 heteroatoms. The van der Waals surface area contributed by atoms with Gasteiger partial charge in [-0.3, -0.25) is 9.59 Å². The van der Waals surface area contributed by atoms with E-state index in [1.54, 1.807) is 0 Å². The van der Waals surface area contributed by atoms with Crippen molar-refractivity contribution >= 4 is 12.3 Å². The third kappa shape index (κ3) is 2.44. The molecule has 1 aromatic rings. The summed E-state index contributed by atoms with van der Waals surface area (Å²) in [6.45, 7) is 3.05. The predicted octanol–water partition coefficient (Wildman–Crippen LogP) is 2.70. The highest BCUT2D eigenvalue weighted by atomic mass is 16.5. The van der Waals surface area contributed by atoms with Crippen LogP contribution < -0.4 is 0 Å². The van der Waals surface area contributed by atoms with Crippen LogP contribution in [0.15, 0.2) is 12.1 Å². The number of methoxy groups -OCH3 is 1. The van der Waals surface area contributed by atoms with Crippen LogP contribution in [0.2, 0.25) is 0 Å². The molecule has 1 unspecified atom stereocenters. The van der Waals surface area contributed by atoms with Gasteiger partial charge in [0, 0.05) is 24.1 Å². The minimum Gasteiger partial charge on any atom is -0.469 e. The Morgan fingerprint density at radius 1 is 1.53 bits per heavy atom. The quantitative estimate of drug-likeness (QED) is 0.606. The summed E-state index contributed by atoms with van der Waals surface area (Å²) in [6, 6.07) is 3.93. The molecule has 0 saturated carbocycles. The molecular weight excluding hydrogens is 242 g/mol. The fourth-order valence-corrected chi connectivity index (χ4v) is 3.23. The number of esters is 1. The van der Waals surface area contributed by atoms with Crippen molar-refractivity contribution < 1.29 is 14.3 Å². The number of hydrogen-bond donors (Lipinski definition) is 0. The third-order valence-electron chi connectivity index (χ3n) is 4.43. The highest BCUT2D eigenvalue weighted by molar-refractivity contribution is 5.73. The van der Waals surface area contributed by atoms with E-state index in [-0.39, 0.29) is 11.4 Å². The van der Waals surface area contributed by atoms with Crippen LogP contribution >= 0.6 is 0 Å². The Kier molecular flexibility index (Phi) is 4.08. The summed E-state index contributed by atoms with van der Waals surface area (Å²) in [4.78, 5) is 22.5. The number of carbonyl (C=O) groups is 2. The Labute approximate surface area is 113 Å². The summed E-state index contributed by atoms with van der Waals surface area (Å²) < 4.78 is 6.85. The molecular formula is C15H21NO3. The van der Waals surface area contributed by atoms with Gasteiger partial charge in [0.15, 0.2) is 6.29 Å². The summed E-state index contributed by atoms with van der Waals surface area (Å²) in [6.07, 6.45) is 5.24. The van der Waals surface area contributed by atoms with Gasteiger partial charge in [0.2, 0.25) is 0 Å². The zero-order valence-electron chi connectivity index (χ0n) is 11.6. The van der Waals surface area contributed by atoms with E-state index < -0.39 is 0 Å². The first-order valence-electron chi connectivity index (χ1n) is 6.89. The molecule has 2 heterocycles. The van der Waals surface area contributed by atoms with Gasteiger partial charge in [-0.05, 0) is 37.8 Å². The third-order valence-corrected chi connectivity index (χ3v) is 4.43. The first-order chi connectivity index (χ1) is 9.16. The molecule has 4 nitrogen and oxygen atoms in total. The SMILES string of the molecule is CCC1(CCC(=O)OC)CCCn2c(C=O)ccc21.